The van der Waals surface area contributed by atoms with Crippen LogP contribution in [0.1, 0.15) is 42.7 Å². The Labute approximate surface area is 194 Å². The summed E-state index contributed by atoms with van der Waals surface area (Å²) in [5, 5.41) is 1.41. The van der Waals surface area contributed by atoms with Crippen LogP contribution >= 0.6 is 0 Å². The van der Waals surface area contributed by atoms with Crippen molar-refractivity contribution in [1.29, 1.82) is 0 Å². The Bertz CT molecular complexity index is 1310. The van der Waals surface area contributed by atoms with Crippen LogP contribution in [0.5, 0.6) is 5.75 Å². The predicted molar refractivity (Wildman–Crippen MR) is 129 cm³/mol. The molecule has 1 N–H and O–H groups in total. The number of hydrogen-bond donors (Lipinski definition) is 1. The highest BCUT2D eigenvalue weighted by Gasteiger charge is 2.34. The first-order valence-corrected chi connectivity index (χ1v) is 13.0. The summed E-state index contributed by atoms with van der Waals surface area (Å²) in [6.45, 7) is 2.01. The second-order valence-electron chi connectivity index (χ2n) is 8.77. The highest BCUT2D eigenvalue weighted by Crippen LogP contribution is 2.43. The summed E-state index contributed by atoms with van der Waals surface area (Å²) in [6.07, 6.45) is 4.59. The molecule has 0 bridgehead atoms. The molecule has 2 aliphatic rings. The zero-order chi connectivity index (χ0) is 23.0. The number of methoxy groups -OCH3 is 1. The number of rotatable bonds is 5. The Morgan fingerprint density at radius 3 is 2.55 bits per heavy atom. The Morgan fingerprint density at radius 2 is 1.76 bits per heavy atom. The molecular weight excluding hydrogens is 436 g/mol. The molecule has 1 atom stereocenters. The second-order valence-corrected chi connectivity index (χ2v) is 10.4. The van der Waals surface area contributed by atoms with Crippen molar-refractivity contribution in [3.05, 3.63) is 65.7 Å². The second kappa shape index (κ2) is 8.71. The lowest BCUT2D eigenvalue weighted by Gasteiger charge is -2.31. The van der Waals surface area contributed by atoms with Crippen molar-refractivity contribution >= 4 is 32.4 Å². The number of ether oxygens (including phenoxy) is 1. The summed E-state index contributed by atoms with van der Waals surface area (Å²) in [6, 6.07) is 16.4. The van der Waals surface area contributed by atoms with Crippen LogP contribution in [0.3, 0.4) is 0 Å². The average molecular weight is 465 g/mol. The zero-order valence-electron chi connectivity index (χ0n) is 18.7. The van der Waals surface area contributed by atoms with Crippen LogP contribution in [0.15, 0.2) is 59.5 Å². The molecule has 0 spiro atoms. The van der Waals surface area contributed by atoms with E-state index in [1.54, 1.807) is 31.4 Å². The first kappa shape index (κ1) is 21.8. The van der Waals surface area contributed by atoms with Gasteiger partial charge in [-0.1, -0.05) is 36.4 Å². The van der Waals surface area contributed by atoms with Crippen molar-refractivity contribution in [1.82, 2.24) is 4.72 Å². The van der Waals surface area contributed by atoms with Crippen LogP contribution in [-0.4, -0.2) is 34.5 Å². The fourth-order valence-corrected chi connectivity index (χ4v) is 6.54. The average Bonchev–Trinajstić information content (AvgIpc) is 3.37. The molecule has 1 aliphatic heterocycles. The maximum Gasteiger partial charge on any atom is 0.264 e. The van der Waals surface area contributed by atoms with Gasteiger partial charge in [-0.15, -0.1) is 0 Å². The highest BCUT2D eigenvalue weighted by molar-refractivity contribution is 7.90. The molecule has 1 amide bonds. The smallest absolute Gasteiger partial charge is 0.264 e. The Hall–Kier alpha value is -3.06. The van der Waals surface area contributed by atoms with Crippen molar-refractivity contribution in [2.24, 2.45) is 0 Å². The molecule has 3 aromatic rings. The number of nitrogens with one attached hydrogen (secondary N) is 1. The van der Waals surface area contributed by atoms with E-state index in [2.05, 4.69) is 15.7 Å². The van der Waals surface area contributed by atoms with E-state index in [0.29, 0.717) is 17.6 Å². The van der Waals surface area contributed by atoms with Crippen LogP contribution in [0.2, 0.25) is 0 Å². The minimum absolute atomic E-state index is 0.114. The van der Waals surface area contributed by atoms with Crippen LogP contribution in [0.4, 0.5) is 5.69 Å². The van der Waals surface area contributed by atoms with Gasteiger partial charge < -0.3 is 9.64 Å². The van der Waals surface area contributed by atoms with Gasteiger partial charge in [-0.3, -0.25) is 4.79 Å². The maximum atomic E-state index is 13.4. The number of fused-ring (bicyclic) bond motifs is 2. The van der Waals surface area contributed by atoms with E-state index in [0.717, 1.165) is 61.0 Å². The molecule has 33 heavy (non-hydrogen) atoms. The largest absolute Gasteiger partial charge is 0.496 e. The quantitative estimate of drug-likeness (QED) is 0.607. The highest BCUT2D eigenvalue weighted by atomic mass is 32.2. The fourth-order valence-electron chi connectivity index (χ4n) is 5.29. The lowest BCUT2D eigenvalue weighted by atomic mass is 9.80. The fraction of sp³-hybridized carbons (Fsp3) is 0.346. The van der Waals surface area contributed by atoms with Crippen molar-refractivity contribution < 1.29 is 17.9 Å². The van der Waals surface area contributed by atoms with E-state index < -0.39 is 21.8 Å². The first-order valence-electron chi connectivity index (χ1n) is 11.5. The number of nitrogens with zero attached hydrogens (tertiary/aromatic N) is 1. The number of sulfonamides is 1. The van der Waals surface area contributed by atoms with Gasteiger partial charge in [-0.05, 0) is 61.3 Å². The third kappa shape index (κ3) is 3.95. The van der Waals surface area contributed by atoms with Gasteiger partial charge in [-0.2, -0.15) is 0 Å². The molecule has 5 rings (SSSR count). The molecule has 0 radical (unpaired) electrons. The third-order valence-corrected chi connectivity index (χ3v) is 8.22. The zero-order valence-corrected chi connectivity index (χ0v) is 19.5. The molecule has 6 nitrogen and oxygen atoms in total. The van der Waals surface area contributed by atoms with Gasteiger partial charge in [0.15, 0.2) is 0 Å². The number of amides is 1. The number of carbonyl (C=O) groups is 1. The molecule has 1 saturated heterocycles. The molecule has 1 heterocycles. The maximum absolute atomic E-state index is 13.4. The van der Waals surface area contributed by atoms with E-state index in [1.807, 2.05) is 24.3 Å². The molecule has 0 saturated carbocycles. The third-order valence-electron chi connectivity index (χ3n) is 6.82. The Morgan fingerprint density at radius 1 is 1.00 bits per heavy atom. The molecule has 1 fully saturated rings. The molecule has 0 aromatic heterocycles. The summed E-state index contributed by atoms with van der Waals surface area (Å²) < 4.78 is 34.6. The van der Waals surface area contributed by atoms with Crippen LogP contribution in [-0.2, 0) is 21.2 Å². The Balaban J connectivity index is 1.51. The van der Waals surface area contributed by atoms with Gasteiger partial charge in [0.2, 0.25) is 5.91 Å². The van der Waals surface area contributed by atoms with Gasteiger partial charge in [0.05, 0.1) is 17.9 Å². The van der Waals surface area contributed by atoms with E-state index in [-0.39, 0.29) is 4.90 Å². The summed E-state index contributed by atoms with van der Waals surface area (Å²) in [5.74, 6) is -0.424. The topological polar surface area (TPSA) is 75.7 Å². The first-order chi connectivity index (χ1) is 16.0. The Kier molecular flexibility index (Phi) is 5.74. The lowest BCUT2D eigenvalue weighted by molar-refractivity contribution is -0.121. The van der Waals surface area contributed by atoms with E-state index in [4.69, 9.17) is 4.74 Å². The monoisotopic (exact) mass is 464 g/mol. The number of anilines is 1. The number of carbonyl (C=O) groups excluding carboxylic acids is 1. The molecule has 1 aliphatic carbocycles. The molecule has 172 valence electrons. The minimum Gasteiger partial charge on any atom is -0.496 e. The van der Waals surface area contributed by atoms with Crippen LogP contribution in [0.25, 0.3) is 10.8 Å². The van der Waals surface area contributed by atoms with Crippen LogP contribution < -0.4 is 14.4 Å². The van der Waals surface area contributed by atoms with Crippen molar-refractivity contribution in [2.75, 3.05) is 25.1 Å². The summed E-state index contributed by atoms with van der Waals surface area (Å²) in [4.78, 5) is 15.9. The molecular formula is C26H28N2O4S. The van der Waals surface area contributed by atoms with E-state index in [1.165, 1.54) is 0 Å². The van der Waals surface area contributed by atoms with Gasteiger partial charge in [-0.25, -0.2) is 13.1 Å². The van der Waals surface area contributed by atoms with Crippen molar-refractivity contribution in [3.8, 4) is 5.75 Å². The standard InChI is InChI=1S/C26H28N2O4S/c1-32-23-15-14-22(28-16-4-5-17-28)20-11-7-12-21(25(20)23)26(29)27-33(30,31)24-13-6-9-18-8-2-3-10-19(18)24/h2-3,6,8-10,13-15,21H,4-5,7,11-12,16-17H2,1H3,(H,27,29). The predicted octanol–water partition coefficient (Wildman–Crippen LogP) is 4.37. The van der Waals surface area contributed by atoms with Crippen molar-refractivity contribution in [3.63, 3.8) is 0 Å². The molecule has 7 heteroatoms. The summed E-state index contributed by atoms with van der Waals surface area (Å²) in [5.41, 5.74) is 3.10. The summed E-state index contributed by atoms with van der Waals surface area (Å²) in [7, 11) is -2.44. The van der Waals surface area contributed by atoms with Gasteiger partial charge >= 0.3 is 0 Å². The molecule has 1 unspecified atom stereocenters. The van der Waals surface area contributed by atoms with E-state index >= 15 is 0 Å². The SMILES string of the molecule is COc1ccc(N2CCCC2)c2c1C(C(=O)NS(=O)(=O)c1cccc3ccccc13)CCC2. The van der Waals surface area contributed by atoms with Gasteiger partial charge in [0, 0.05) is 29.7 Å². The minimum atomic E-state index is -4.03. The number of hydrogen-bond acceptors (Lipinski definition) is 5. The van der Waals surface area contributed by atoms with Gasteiger partial charge in [0.25, 0.3) is 10.0 Å². The van der Waals surface area contributed by atoms with Crippen molar-refractivity contribution in [2.45, 2.75) is 42.9 Å². The number of benzene rings is 3. The van der Waals surface area contributed by atoms with Gasteiger partial charge in [0.1, 0.15) is 5.75 Å². The lowest BCUT2D eigenvalue weighted by Crippen LogP contribution is -2.36. The summed E-state index contributed by atoms with van der Waals surface area (Å²) >= 11 is 0. The normalized spacial score (nSPS) is 18.2. The van der Waals surface area contributed by atoms with Crippen LogP contribution in [0, 0.1) is 0 Å². The molecule has 3 aromatic carbocycles. The van der Waals surface area contributed by atoms with E-state index in [9.17, 15) is 13.2 Å².